The fourth-order valence-corrected chi connectivity index (χ4v) is 6.47. The van der Waals surface area contributed by atoms with Gasteiger partial charge in [0.25, 0.3) is 5.91 Å². The molecule has 2 aliphatic rings. The molecule has 1 aromatic carbocycles. The van der Waals surface area contributed by atoms with Crippen LogP contribution in [0.25, 0.3) is 0 Å². The Labute approximate surface area is 195 Å². The van der Waals surface area contributed by atoms with E-state index < -0.39 is 10.0 Å². The Balaban J connectivity index is 1.74. The second-order valence-corrected chi connectivity index (χ2v) is 11.5. The predicted molar refractivity (Wildman–Crippen MR) is 125 cm³/mol. The number of likely N-dealkylation sites (N-methyl/N-ethyl adjacent to an activating group) is 1. The standard InChI is InChI=1S/C21H32Cl2N4O3S/c1-3-14-31(29,30)27-8-6-21(7-9-27,26-12-10-25(2)11-13-26)16-24-20(28)18-5-4-17(22)15-19(18)23/h4-5,15H,3,6-14,16H2,1-2H3,(H,24,28). The topological polar surface area (TPSA) is 73.0 Å². The highest BCUT2D eigenvalue weighted by Gasteiger charge is 2.43. The Hall–Kier alpha value is -0.900. The largest absolute Gasteiger partial charge is 0.350 e. The number of sulfonamides is 1. The van der Waals surface area contributed by atoms with Crippen molar-refractivity contribution in [3.8, 4) is 0 Å². The molecular formula is C21H32Cl2N4O3S. The maximum atomic E-state index is 12.8. The van der Waals surface area contributed by atoms with Crippen LogP contribution < -0.4 is 5.32 Å². The van der Waals surface area contributed by atoms with Crippen LogP contribution >= 0.6 is 23.2 Å². The fourth-order valence-electron chi connectivity index (χ4n) is 4.47. The zero-order chi connectivity index (χ0) is 22.6. The molecule has 0 unspecified atom stereocenters. The average Bonchev–Trinajstić information content (AvgIpc) is 2.73. The summed E-state index contributed by atoms with van der Waals surface area (Å²) >= 11 is 12.2. The Morgan fingerprint density at radius 1 is 1.10 bits per heavy atom. The van der Waals surface area contributed by atoms with Gasteiger partial charge in [0.2, 0.25) is 10.0 Å². The molecule has 0 radical (unpaired) electrons. The van der Waals surface area contributed by atoms with Gasteiger partial charge in [-0.2, -0.15) is 0 Å². The van der Waals surface area contributed by atoms with Gasteiger partial charge in [-0.05, 0) is 44.5 Å². The maximum absolute atomic E-state index is 12.8. The van der Waals surface area contributed by atoms with Crippen LogP contribution in [0.5, 0.6) is 0 Å². The van der Waals surface area contributed by atoms with Crippen LogP contribution in [0.3, 0.4) is 0 Å². The number of benzene rings is 1. The fraction of sp³-hybridized carbons (Fsp3) is 0.667. The molecule has 1 aromatic rings. The minimum Gasteiger partial charge on any atom is -0.350 e. The van der Waals surface area contributed by atoms with Gasteiger partial charge >= 0.3 is 0 Å². The Kier molecular flexibility index (Phi) is 8.27. The van der Waals surface area contributed by atoms with Crippen LogP contribution in [0.2, 0.25) is 10.0 Å². The summed E-state index contributed by atoms with van der Waals surface area (Å²) in [6.45, 7) is 7.00. The summed E-state index contributed by atoms with van der Waals surface area (Å²) in [4.78, 5) is 17.6. The van der Waals surface area contributed by atoms with Gasteiger partial charge in [-0.3, -0.25) is 9.69 Å². The first-order valence-corrected chi connectivity index (χ1v) is 13.2. The zero-order valence-electron chi connectivity index (χ0n) is 18.2. The van der Waals surface area contributed by atoms with E-state index in [0.29, 0.717) is 54.5 Å². The molecule has 7 nitrogen and oxygen atoms in total. The number of carbonyl (C=O) groups is 1. The van der Waals surface area contributed by atoms with Gasteiger partial charge in [0.15, 0.2) is 0 Å². The molecule has 0 atom stereocenters. The van der Waals surface area contributed by atoms with Crippen molar-refractivity contribution >= 4 is 39.1 Å². The highest BCUT2D eigenvalue weighted by molar-refractivity contribution is 7.89. The van der Waals surface area contributed by atoms with E-state index in [2.05, 4.69) is 22.2 Å². The number of hydrogen-bond donors (Lipinski definition) is 1. The van der Waals surface area contributed by atoms with Crippen LogP contribution in [0, 0.1) is 0 Å². The molecule has 2 saturated heterocycles. The first kappa shape index (κ1) is 24.7. The SMILES string of the molecule is CCCS(=O)(=O)N1CCC(CNC(=O)c2ccc(Cl)cc2Cl)(N2CCN(C)CC2)CC1. The van der Waals surface area contributed by atoms with Crippen molar-refractivity contribution in [2.75, 3.05) is 58.6 Å². The number of nitrogens with one attached hydrogen (secondary N) is 1. The van der Waals surface area contributed by atoms with Crippen LogP contribution in [-0.2, 0) is 10.0 Å². The van der Waals surface area contributed by atoms with E-state index in [0.717, 1.165) is 26.2 Å². The van der Waals surface area contributed by atoms with Gasteiger partial charge in [-0.1, -0.05) is 30.1 Å². The summed E-state index contributed by atoms with van der Waals surface area (Å²) in [5.41, 5.74) is 0.121. The summed E-state index contributed by atoms with van der Waals surface area (Å²) in [5.74, 6) is -0.0588. The van der Waals surface area contributed by atoms with E-state index in [4.69, 9.17) is 23.2 Å². The van der Waals surface area contributed by atoms with Crippen molar-refractivity contribution in [3.63, 3.8) is 0 Å². The van der Waals surface area contributed by atoms with Crippen LogP contribution in [0.15, 0.2) is 18.2 Å². The lowest BCUT2D eigenvalue weighted by molar-refractivity contribution is 0.00720. The third-order valence-corrected chi connectivity index (χ3v) is 9.06. The van der Waals surface area contributed by atoms with Crippen LogP contribution in [0.4, 0.5) is 0 Å². The number of nitrogens with zero attached hydrogens (tertiary/aromatic N) is 3. The molecule has 0 aliphatic carbocycles. The molecule has 3 rings (SSSR count). The number of piperidine rings is 1. The van der Waals surface area contributed by atoms with E-state index in [-0.39, 0.29) is 17.2 Å². The average molecular weight is 491 g/mol. The molecule has 1 amide bonds. The predicted octanol–water partition coefficient (Wildman–Crippen LogP) is 2.55. The Bertz CT molecular complexity index is 881. The third-order valence-electron chi connectivity index (χ3n) is 6.44. The van der Waals surface area contributed by atoms with Gasteiger partial charge in [0.1, 0.15) is 0 Å². The minimum absolute atomic E-state index is 0.181. The molecule has 0 bridgehead atoms. The molecule has 0 saturated carbocycles. The van der Waals surface area contributed by atoms with E-state index in [1.807, 2.05) is 6.92 Å². The molecule has 1 N–H and O–H groups in total. The highest BCUT2D eigenvalue weighted by Crippen LogP contribution is 2.31. The van der Waals surface area contributed by atoms with Crippen molar-refractivity contribution in [1.29, 1.82) is 0 Å². The van der Waals surface area contributed by atoms with E-state index >= 15 is 0 Å². The molecular weight excluding hydrogens is 459 g/mol. The van der Waals surface area contributed by atoms with Crippen LogP contribution in [-0.4, -0.2) is 92.6 Å². The molecule has 31 heavy (non-hydrogen) atoms. The van der Waals surface area contributed by atoms with Gasteiger partial charge in [0, 0.05) is 56.4 Å². The van der Waals surface area contributed by atoms with E-state index in [1.54, 1.807) is 22.5 Å². The van der Waals surface area contributed by atoms with Gasteiger partial charge in [-0.25, -0.2) is 12.7 Å². The molecule has 174 valence electrons. The maximum Gasteiger partial charge on any atom is 0.252 e. The van der Waals surface area contributed by atoms with Crippen molar-refractivity contribution in [2.45, 2.75) is 31.7 Å². The monoisotopic (exact) mass is 490 g/mol. The van der Waals surface area contributed by atoms with Crippen LogP contribution in [0.1, 0.15) is 36.5 Å². The van der Waals surface area contributed by atoms with E-state index in [9.17, 15) is 13.2 Å². The Morgan fingerprint density at radius 3 is 2.32 bits per heavy atom. The summed E-state index contributed by atoms with van der Waals surface area (Å²) in [6, 6.07) is 4.84. The highest BCUT2D eigenvalue weighted by atomic mass is 35.5. The number of amides is 1. The summed E-state index contributed by atoms with van der Waals surface area (Å²) < 4.78 is 26.7. The first-order valence-electron chi connectivity index (χ1n) is 10.8. The Morgan fingerprint density at radius 2 is 1.74 bits per heavy atom. The summed E-state index contributed by atoms with van der Waals surface area (Å²) in [5, 5.41) is 3.87. The second-order valence-electron chi connectivity index (χ2n) is 8.54. The van der Waals surface area contributed by atoms with Gasteiger partial charge in [-0.15, -0.1) is 0 Å². The molecule has 10 heteroatoms. The zero-order valence-corrected chi connectivity index (χ0v) is 20.6. The number of carbonyl (C=O) groups excluding carboxylic acids is 1. The second kappa shape index (κ2) is 10.4. The number of hydrogen-bond acceptors (Lipinski definition) is 5. The number of halogens is 2. The lowest BCUT2D eigenvalue weighted by Gasteiger charge is -2.51. The van der Waals surface area contributed by atoms with E-state index in [1.165, 1.54) is 0 Å². The summed E-state index contributed by atoms with van der Waals surface area (Å²) in [6.07, 6.45) is 1.99. The van der Waals surface area contributed by atoms with Crippen molar-refractivity contribution in [1.82, 2.24) is 19.4 Å². The third kappa shape index (κ3) is 5.92. The lowest BCUT2D eigenvalue weighted by atomic mass is 9.85. The van der Waals surface area contributed by atoms with Crippen molar-refractivity contribution in [3.05, 3.63) is 33.8 Å². The molecule has 0 aromatic heterocycles. The van der Waals surface area contributed by atoms with Gasteiger partial charge in [0.05, 0.1) is 16.3 Å². The normalized spacial score (nSPS) is 21.2. The van der Waals surface area contributed by atoms with Gasteiger partial charge < -0.3 is 10.2 Å². The number of rotatable bonds is 7. The summed E-state index contributed by atoms with van der Waals surface area (Å²) in [7, 11) is -1.11. The molecule has 0 spiro atoms. The first-order chi connectivity index (χ1) is 14.7. The lowest BCUT2D eigenvalue weighted by Crippen LogP contribution is -2.64. The number of piperazine rings is 1. The van der Waals surface area contributed by atoms with Crippen molar-refractivity contribution in [2.24, 2.45) is 0 Å². The molecule has 2 fully saturated rings. The minimum atomic E-state index is -3.22. The smallest absolute Gasteiger partial charge is 0.252 e. The molecule has 2 heterocycles. The quantitative estimate of drug-likeness (QED) is 0.635. The van der Waals surface area contributed by atoms with Crippen molar-refractivity contribution < 1.29 is 13.2 Å². The molecule has 2 aliphatic heterocycles.